The zero-order valence-corrected chi connectivity index (χ0v) is 41.9. The van der Waals surface area contributed by atoms with E-state index in [0.717, 1.165) is 51.6 Å². The Labute approximate surface area is 412 Å². The molecule has 0 spiro atoms. The first-order valence-electron chi connectivity index (χ1n) is 25.1. The summed E-state index contributed by atoms with van der Waals surface area (Å²) in [6.45, 7) is 14.4. The summed E-state index contributed by atoms with van der Waals surface area (Å²) < 4.78 is 60.6. The van der Waals surface area contributed by atoms with Crippen LogP contribution in [0, 0.1) is 0 Å². The number of hydrogen-bond acceptors (Lipinski definition) is 19. The molecule has 0 aliphatic rings. The number of carbonyl (C=O) groups is 4. The van der Waals surface area contributed by atoms with Crippen LogP contribution in [-0.4, -0.2) is 220 Å². The lowest BCUT2D eigenvalue weighted by atomic mass is 10.1. The molecule has 23 nitrogen and oxygen atoms in total. The van der Waals surface area contributed by atoms with Crippen molar-refractivity contribution in [3.8, 4) is 0 Å². The van der Waals surface area contributed by atoms with E-state index in [1.807, 2.05) is 0 Å². The molecule has 0 saturated carbocycles. The Hall–Kier alpha value is -2.72. The molecule has 0 aromatic carbocycles. The van der Waals surface area contributed by atoms with Crippen LogP contribution in [0.4, 0.5) is 0 Å². The van der Waals surface area contributed by atoms with Crippen LogP contribution < -0.4 is 44.2 Å². The second-order valence-corrected chi connectivity index (χ2v) is 16.0. The predicted octanol–water partition coefficient (Wildman–Crippen LogP) is -1.11. The van der Waals surface area contributed by atoms with E-state index >= 15 is 0 Å². The van der Waals surface area contributed by atoms with Gasteiger partial charge >= 0.3 is 0 Å². The average molecular weight is 999 g/mol. The monoisotopic (exact) mass is 999 g/mol. The minimum atomic E-state index is -0.291. The first-order chi connectivity index (χ1) is 33.7. The Morgan fingerprint density at radius 3 is 0.841 bits per heavy atom. The molecule has 69 heavy (non-hydrogen) atoms. The van der Waals surface area contributed by atoms with Crippen molar-refractivity contribution in [2.45, 2.75) is 89.1 Å². The Kier molecular flexibility index (Phi) is 52.5. The van der Waals surface area contributed by atoms with Gasteiger partial charge in [0, 0.05) is 90.4 Å². The lowest BCUT2D eigenvalue weighted by molar-refractivity contribution is -0.123. The van der Waals surface area contributed by atoms with Gasteiger partial charge in [0.2, 0.25) is 23.6 Å². The molecule has 0 bridgehead atoms. The molecule has 0 rings (SSSR count). The van der Waals surface area contributed by atoms with Crippen molar-refractivity contribution >= 4 is 23.6 Å². The summed E-state index contributed by atoms with van der Waals surface area (Å²) >= 11 is 0. The molecule has 0 heterocycles. The molecular weight excluding hydrogens is 905 g/mol. The third-order valence-corrected chi connectivity index (χ3v) is 9.59. The number of carbonyl (C=O) groups excluding carboxylic acids is 4. The third kappa shape index (κ3) is 57.7. The van der Waals surface area contributed by atoms with Crippen molar-refractivity contribution in [3.05, 3.63) is 0 Å². The zero-order valence-electron chi connectivity index (χ0n) is 41.9. The largest absolute Gasteiger partial charge is 0.379 e. The van der Waals surface area contributed by atoms with Crippen molar-refractivity contribution in [2.24, 2.45) is 22.9 Å². The summed E-state index contributed by atoms with van der Waals surface area (Å²) in [5.41, 5.74) is 22.3. The fraction of sp³-hybridized carbons (Fsp3) is 0.913. The van der Waals surface area contributed by atoms with Crippen LogP contribution in [-0.2, 0) is 71.3 Å². The maximum Gasteiger partial charge on any atom is 0.222 e. The van der Waals surface area contributed by atoms with Gasteiger partial charge in [-0.2, -0.15) is 0 Å². The van der Waals surface area contributed by atoms with Gasteiger partial charge in [-0.25, -0.2) is 0 Å². The molecule has 12 N–H and O–H groups in total. The minimum absolute atomic E-state index is 0.0165. The molecule has 0 aliphatic heterocycles. The standard InChI is InChI=1S/C46H94N8O15/c47-41(7-1-9-43(49)55)39-51-13-3-17-59-23-29-65-31-25-61-19-5-15-53-45(57)11-21-63-27-33-67-35-37-69-38-36-68-34-28-64-22-12-46(58)54-16-6-20-62-26-32-66-30-24-60-18-4-14-52-40-42(48)8-2-10-44(50)56/h41-42,51-52H,1-40,47-48H2,(H2,49,55)(H2,50,56)(H,53,57)(H,54,58)/t41-,42-/m0/s1. The van der Waals surface area contributed by atoms with Crippen molar-refractivity contribution in [3.63, 3.8) is 0 Å². The molecule has 408 valence electrons. The molecule has 0 saturated heterocycles. The summed E-state index contributed by atoms with van der Waals surface area (Å²) in [4.78, 5) is 45.5. The van der Waals surface area contributed by atoms with Crippen LogP contribution in [0.15, 0.2) is 0 Å². The maximum absolute atomic E-state index is 12.0. The second-order valence-electron chi connectivity index (χ2n) is 16.0. The number of nitrogens with two attached hydrogens (primary N) is 4. The van der Waals surface area contributed by atoms with Gasteiger partial charge in [-0.05, 0) is 64.5 Å². The summed E-state index contributed by atoms with van der Waals surface area (Å²) in [7, 11) is 0. The average Bonchev–Trinajstić information content (AvgIpc) is 3.31. The van der Waals surface area contributed by atoms with Gasteiger partial charge in [0.15, 0.2) is 0 Å². The van der Waals surface area contributed by atoms with Crippen LogP contribution in [0.25, 0.3) is 0 Å². The van der Waals surface area contributed by atoms with Crippen molar-refractivity contribution in [1.82, 2.24) is 21.3 Å². The Bertz CT molecular complexity index is 1070. The molecule has 0 aromatic heterocycles. The predicted molar refractivity (Wildman–Crippen MR) is 261 cm³/mol. The van der Waals surface area contributed by atoms with Crippen LogP contribution in [0.1, 0.15) is 77.0 Å². The van der Waals surface area contributed by atoms with E-state index in [0.29, 0.717) is 197 Å². The second kappa shape index (κ2) is 54.6. The zero-order chi connectivity index (χ0) is 50.4. The first kappa shape index (κ1) is 66.3. The molecule has 2 atom stereocenters. The number of primary amides is 2. The molecule has 0 aliphatic carbocycles. The van der Waals surface area contributed by atoms with E-state index in [9.17, 15) is 19.2 Å². The highest BCUT2D eigenvalue weighted by Crippen LogP contribution is 1.99. The summed E-state index contributed by atoms with van der Waals surface area (Å²) in [5, 5.41) is 12.3. The summed E-state index contributed by atoms with van der Waals surface area (Å²) in [6, 6.07) is 0.0330. The number of hydrogen-bond donors (Lipinski definition) is 8. The van der Waals surface area contributed by atoms with E-state index in [1.54, 1.807) is 0 Å². The molecule has 0 aromatic rings. The number of nitrogens with one attached hydrogen (secondary N) is 4. The van der Waals surface area contributed by atoms with Gasteiger partial charge in [-0.3, -0.25) is 19.2 Å². The number of amides is 4. The summed E-state index contributed by atoms with van der Waals surface area (Å²) in [6.07, 6.45) is 7.46. The molecule has 0 fully saturated rings. The van der Waals surface area contributed by atoms with Crippen molar-refractivity contribution in [2.75, 3.05) is 185 Å². The van der Waals surface area contributed by atoms with Crippen LogP contribution >= 0.6 is 0 Å². The van der Waals surface area contributed by atoms with Gasteiger partial charge in [0.1, 0.15) is 0 Å². The van der Waals surface area contributed by atoms with E-state index in [2.05, 4.69) is 21.3 Å². The Morgan fingerprint density at radius 2 is 0.565 bits per heavy atom. The highest BCUT2D eigenvalue weighted by molar-refractivity contribution is 5.76. The molecule has 23 heteroatoms. The molecule has 0 radical (unpaired) electrons. The topological polar surface area (TPSA) is 322 Å². The lowest BCUT2D eigenvalue weighted by Crippen LogP contribution is -2.34. The van der Waals surface area contributed by atoms with Crippen LogP contribution in [0.5, 0.6) is 0 Å². The maximum atomic E-state index is 12.0. The van der Waals surface area contributed by atoms with Gasteiger partial charge in [0.05, 0.1) is 119 Å². The molecule has 4 amide bonds. The summed E-state index contributed by atoms with van der Waals surface area (Å²) in [5.74, 6) is -0.720. The fourth-order valence-corrected chi connectivity index (χ4v) is 5.83. The van der Waals surface area contributed by atoms with Crippen LogP contribution in [0.2, 0.25) is 0 Å². The number of rotatable bonds is 58. The van der Waals surface area contributed by atoms with E-state index in [-0.39, 0.29) is 48.6 Å². The fourth-order valence-electron chi connectivity index (χ4n) is 5.83. The Morgan fingerprint density at radius 1 is 0.319 bits per heavy atom. The van der Waals surface area contributed by atoms with Crippen molar-refractivity contribution in [1.29, 1.82) is 0 Å². The minimum Gasteiger partial charge on any atom is -0.379 e. The molecular formula is C46H94N8O15. The highest BCUT2D eigenvalue weighted by Gasteiger charge is 2.06. The van der Waals surface area contributed by atoms with E-state index in [4.69, 9.17) is 75.0 Å². The molecule has 0 unspecified atom stereocenters. The van der Waals surface area contributed by atoms with Gasteiger partial charge in [-0.15, -0.1) is 0 Å². The van der Waals surface area contributed by atoms with E-state index in [1.165, 1.54) is 0 Å². The first-order valence-corrected chi connectivity index (χ1v) is 25.1. The normalized spacial score (nSPS) is 12.3. The smallest absolute Gasteiger partial charge is 0.222 e. The van der Waals surface area contributed by atoms with Gasteiger partial charge < -0.3 is 96.3 Å². The Balaban J connectivity index is 3.25. The third-order valence-electron chi connectivity index (χ3n) is 9.59. The van der Waals surface area contributed by atoms with Crippen molar-refractivity contribution < 1.29 is 71.3 Å². The van der Waals surface area contributed by atoms with Gasteiger partial charge in [0.25, 0.3) is 0 Å². The quantitative estimate of drug-likeness (QED) is 0.0335. The van der Waals surface area contributed by atoms with Crippen LogP contribution in [0.3, 0.4) is 0 Å². The van der Waals surface area contributed by atoms with Gasteiger partial charge in [-0.1, -0.05) is 0 Å². The number of ether oxygens (including phenoxy) is 11. The van der Waals surface area contributed by atoms with E-state index < -0.39 is 0 Å². The highest BCUT2D eigenvalue weighted by atomic mass is 16.6. The lowest BCUT2D eigenvalue weighted by Gasteiger charge is -2.12. The SMILES string of the molecule is NC(=O)CCC[C@H](N)CNCCCOCCOCCOCCCNC(=O)CCOCCOCCOCCOCCOCCC(=O)NCCCOCCOCCOCCCNC[C@@H](N)CCCC(N)=O.